The number of fused-ring (bicyclic) bond motifs is 1. The van der Waals surface area contributed by atoms with Crippen molar-refractivity contribution in [1.82, 2.24) is 19.4 Å². The van der Waals surface area contributed by atoms with E-state index in [0.29, 0.717) is 16.2 Å². The van der Waals surface area contributed by atoms with E-state index in [9.17, 15) is 8.78 Å². The Bertz CT molecular complexity index is 1440. The molecule has 0 N–H and O–H groups in total. The van der Waals surface area contributed by atoms with Gasteiger partial charge in [-0.15, -0.1) is 0 Å². The smallest absolute Gasteiger partial charge is 0.200 e. The Balaban J connectivity index is 1.20. The highest BCUT2D eigenvalue weighted by molar-refractivity contribution is 6.30. The maximum atomic E-state index is 14.6. The van der Waals surface area contributed by atoms with E-state index in [4.69, 9.17) is 20.8 Å². The van der Waals surface area contributed by atoms with Crippen molar-refractivity contribution in [2.75, 3.05) is 19.7 Å². The van der Waals surface area contributed by atoms with Crippen LogP contribution in [0.1, 0.15) is 35.7 Å². The molecule has 2 aliphatic heterocycles. The molecule has 0 aliphatic carbocycles. The number of rotatable bonds is 7. The van der Waals surface area contributed by atoms with E-state index in [-0.39, 0.29) is 23.9 Å². The first-order valence-electron chi connectivity index (χ1n) is 12.1. The first-order valence-corrected chi connectivity index (χ1v) is 12.5. The van der Waals surface area contributed by atoms with Crippen LogP contribution in [0.25, 0.3) is 16.7 Å². The minimum Gasteiger partial charge on any atom is -0.440 e. The molecule has 0 amide bonds. The number of hydrogen-bond acceptors (Lipinski definition) is 5. The van der Waals surface area contributed by atoms with Crippen LogP contribution in [-0.2, 0) is 24.2 Å². The number of hydrogen-bond donors (Lipinski definition) is 0. The van der Waals surface area contributed by atoms with E-state index in [2.05, 4.69) is 25.5 Å². The summed E-state index contributed by atoms with van der Waals surface area (Å²) in [7, 11) is 0. The molecule has 0 saturated carbocycles. The molecule has 0 unspecified atom stereocenters. The van der Waals surface area contributed by atoms with Gasteiger partial charge in [0.2, 0.25) is 0 Å². The van der Waals surface area contributed by atoms with E-state index >= 15 is 0 Å². The summed E-state index contributed by atoms with van der Waals surface area (Å²) in [4.78, 5) is 11.2. The van der Waals surface area contributed by atoms with Crippen LogP contribution in [-0.4, -0.2) is 45.2 Å². The molecular formula is C27H25ClF2N4O2. The second-order valence-electron chi connectivity index (χ2n) is 9.28. The molecule has 186 valence electrons. The Labute approximate surface area is 212 Å². The maximum Gasteiger partial charge on any atom is 0.200 e. The lowest BCUT2D eigenvalue weighted by Crippen LogP contribution is -2.33. The van der Waals surface area contributed by atoms with Crippen LogP contribution in [0, 0.1) is 11.6 Å². The van der Waals surface area contributed by atoms with Crippen molar-refractivity contribution in [3.63, 3.8) is 0 Å². The fourth-order valence-corrected chi connectivity index (χ4v) is 4.94. The lowest BCUT2D eigenvalue weighted by molar-refractivity contribution is -0.0597. The highest BCUT2D eigenvalue weighted by Crippen LogP contribution is 2.32. The number of halogens is 3. The number of nitrogens with zero attached hydrogens (tertiary/aromatic N) is 4. The van der Waals surface area contributed by atoms with Crippen LogP contribution >= 0.6 is 11.6 Å². The van der Waals surface area contributed by atoms with Gasteiger partial charge >= 0.3 is 0 Å². The molecule has 1 fully saturated rings. The monoisotopic (exact) mass is 510 g/mol. The van der Waals surface area contributed by atoms with Crippen molar-refractivity contribution in [2.45, 2.75) is 38.5 Å². The summed E-state index contributed by atoms with van der Waals surface area (Å²) in [6.07, 6.45) is 8.28. The molecule has 6 nitrogen and oxygen atoms in total. The molecule has 0 bridgehead atoms. The molecule has 36 heavy (non-hydrogen) atoms. The molecule has 4 heterocycles. The molecule has 0 radical (unpaired) electrons. The van der Waals surface area contributed by atoms with Gasteiger partial charge in [-0.1, -0.05) is 23.7 Å². The minimum absolute atomic E-state index is 0.113. The van der Waals surface area contributed by atoms with Gasteiger partial charge in [0.15, 0.2) is 17.3 Å². The van der Waals surface area contributed by atoms with Crippen molar-refractivity contribution in [1.29, 1.82) is 0 Å². The van der Waals surface area contributed by atoms with Gasteiger partial charge in [-0.05, 0) is 48.2 Å². The predicted molar refractivity (Wildman–Crippen MR) is 133 cm³/mol. The van der Waals surface area contributed by atoms with Crippen LogP contribution in [0.15, 0.2) is 53.2 Å². The van der Waals surface area contributed by atoms with Crippen molar-refractivity contribution in [2.24, 2.45) is 0 Å². The zero-order valence-electron chi connectivity index (χ0n) is 19.6. The Morgan fingerprint density at radius 3 is 2.78 bits per heavy atom. The molecular weight excluding hydrogens is 486 g/mol. The molecule has 2 aromatic carbocycles. The molecule has 9 heteroatoms. The van der Waals surface area contributed by atoms with Crippen LogP contribution in [0.4, 0.5) is 8.78 Å². The Morgan fingerprint density at radius 1 is 1.14 bits per heavy atom. The van der Waals surface area contributed by atoms with E-state index in [1.165, 1.54) is 12.1 Å². The summed E-state index contributed by atoms with van der Waals surface area (Å²) in [5.74, 6) is 0.390. The molecule has 0 spiro atoms. The van der Waals surface area contributed by atoms with Gasteiger partial charge in [0.25, 0.3) is 0 Å². The summed E-state index contributed by atoms with van der Waals surface area (Å²) >= 11 is 5.85. The fraction of sp³-hybridized carbons (Fsp3) is 0.333. The topological polar surface area (TPSA) is 56.3 Å². The molecule has 2 aromatic heterocycles. The van der Waals surface area contributed by atoms with E-state index in [0.717, 1.165) is 62.6 Å². The normalized spacial score (nSPS) is 18.4. The van der Waals surface area contributed by atoms with Crippen LogP contribution in [0.2, 0.25) is 5.02 Å². The highest BCUT2D eigenvalue weighted by Gasteiger charge is 2.23. The van der Waals surface area contributed by atoms with Gasteiger partial charge in [0.05, 0.1) is 25.6 Å². The van der Waals surface area contributed by atoms with Gasteiger partial charge < -0.3 is 13.7 Å². The Kier molecular flexibility index (Phi) is 6.33. The third kappa shape index (κ3) is 4.68. The summed E-state index contributed by atoms with van der Waals surface area (Å²) in [5.41, 5.74) is 2.87. The minimum atomic E-state index is -0.458. The fourth-order valence-electron chi connectivity index (χ4n) is 4.78. The second-order valence-corrected chi connectivity index (χ2v) is 9.72. The standard InChI is InChI=1S/C27H25ClF2N4O2/c28-19-2-1-18(23(30)14-19)13-25-32-26-22(29)4-3-21(27(26)36-25)17-5-9-33(10-6-17)16-24-31-8-11-34(24)15-20-7-12-35-20/h1-5,8,11,14,20H,6-7,9-10,12-13,15-16H2/t20-/m0/s1. The van der Waals surface area contributed by atoms with Crippen LogP contribution in [0.5, 0.6) is 0 Å². The molecule has 4 aromatic rings. The van der Waals surface area contributed by atoms with Crippen molar-refractivity contribution < 1.29 is 17.9 Å². The van der Waals surface area contributed by atoms with Gasteiger partial charge in [-0.3, -0.25) is 4.90 Å². The van der Waals surface area contributed by atoms with E-state index < -0.39 is 11.6 Å². The Morgan fingerprint density at radius 2 is 2.03 bits per heavy atom. The van der Waals surface area contributed by atoms with Crippen LogP contribution in [0.3, 0.4) is 0 Å². The van der Waals surface area contributed by atoms with Gasteiger partial charge in [-0.25, -0.2) is 18.7 Å². The highest BCUT2D eigenvalue weighted by atomic mass is 35.5. The van der Waals surface area contributed by atoms with Gasteiger partial charge in [-0.2, -0.15) is 0 Å². The summed E-state index contributed by atoms with van der Waals surface area (Å²) in [6, 6.07) is 7.60. The zero-order chi connectivity index (χ0) is 24.6. The third-order valence-corrected chi connectivity index (χ3v) is 7.13. The quantitative estimate of drug-likeness (QED) is 0.323. The van der Waals surface area contributed by atoms with Crippen LogP contribution < -0.4 is 0 Å². The SMILES string of the molecule is Fc1cc(Cl)ccc1Cc1nc2c(F)ccc(C3=CCN(Cc4nccn4C[C@@H]4CCO4)CC3)c2o1. The molecule has 1 saturated heterocycles. The molecule has 1 atom stereocenters. The lowest BCUT2D eigenvalue weighted by atomic mass is 9.98. The van der Waals surface area contributed by atoms with Gasteiger partial charge in [0.1, 0.15) is 17.2 Å². The largest absolute Gasteiger partial charge is 0.440 e. The third-order valence-electron chi connectivity index (χ3n) is 6.90. The van der Waals surface area contributed by atoms with Crippen molar-refractivity contribution in [3.05, 3.63) is 88.3 Å². The summed E-state index contributed by atoms with van der Waals surface area (Å²) in [6.45, 7) is 4.02. The molecule has 6 rings (SSSR count). The zero-order valence-corrected chi connectivity index (χ0v) is 20.3. The average molecular weight is 511 g/mol. The summed E-state index contributed by atoms with van der Waals surface area (Å²) < 4.78 is 42.6. The summed E-state index contributed by atoms with van der Waals surface area (Å²) in [5, 5.41) is 0.316. The number of ether oxygens (including phenoxy) is 1. The number of aromatic nitrogens is 3. The maximum absolute atomic E-state index is 14.6. The van der Waals surface area contributed by atoms with E-state index in [1.807, 2.05) is 12.4 Å². The Hall–Kier alpha value is -3.07. The number of oxazole rings is 1. The van der Waals surface area contributed by atoms with Crippen molar-refractivity contribution in [3.8, 4) is 0 Å². The average Bonchev–Trinajstić information content (AvgIpc) is 3.46. The first kappa shape index (κ1) is 23.3. The predicted octanol–water partition coefficient (Wildman–Crippen LogP) is 5.62. The van der Waals surface area contributed by atoms with Crippen molar-refractivity contribution >= 4 is 28.3 Å². The lowest BCUT2D eigenvalue weighted by Gasteiger charge is -2.29. The first-order chi connectivity index (χ1) is 17.5. The van der Waals surface area contributed by atoms with Gasteiger partial charge in [0, 0.05) is 42.7 Å². The molecule has 2 aliphatic rings. The number of benzene rings is 2. The van der Waals surface area contributed by atoms with E-state index in [1.54, 1.807) is 18.2 Å². The second kappa shape index (κ2) is 9.76. The number of imidazole rings is 1.